The minimum Gasteiger partial charge on any atom is -0.399 e. The van der Waals surface area contributed by atoms with E-state index >= 15 is 0 Å². The predicted octanol–water partition coefficient (Wildman–Crippen LogP) is 2.44. The van der Waals surface area contributed by atoms with Crippen molar-refractivity contribution in [1.29, 1.82) is 0 Å². The van der Waals surface area contributed by atoms with Gasteiger partial charge in [-0.15, -0.1) is 0 Å². The number of nitrogens with zero attached hydrogens (tertiary/aromatic N) is 1. The van der Waals surface area contributed by atoms with Gasteiger partial charge in [0.05, 0.1) is 6.10 Å². The molecule has 1 saturated heterocycles. The second kappa shape index (κ2) is 4.96. The first-order valence-corrected chi connectivity index (χ1v) is 6.25. The Morgan fingerprint density at radius 2 is 2.18 bits per heavy atom. The molecule has 1 aromatic carbocycles. The van der Waals surface area contributed by atoms with Crippen molar-refractivity contribution in [2.75, 3.05) is 30.8 Å². The highest BCUT2D eigenvalue weighted by Crippen LogP contribution is 2.28. The van der Waals surface area contributed by atoms with Crippen LogP contribution in [0.4, 0.5) is 11.4 Å². The van der Waals surface area contributed by atoms with Crippen molar-refractivity contribution in [1.82, 2.24) is 0 Å². The molecule has 2 atom stereocenters. The van der Waals surface area contributed by atoms with Crippen LogP contribution in [0.25, 0.3) is 0 Å². The third-order valence-corrected chi connectivity index (χ3v) is 3.77. The molecule has 2 rings (SSSR count). The summed E-state index contributed by atoms with van der Waals surface area (Å²) < 4.78 is 5.55. The van der Waals surface area contributed by atoms with Gasteiger partial charge in [-0.25, -0.2) is 0 Å². The van der Waals surface area contributed by atoms with Crippen LogP contribution in [0.2, 0.25) is 0 Å². The smallest absolute Gasteiger partial charge is 0.0772 e. The van der Waals surface area contributed by atoms with Crippen LogP contribution in [0.15, 0.2) is 18.2 Å². The number of piperidine rings is 1. The maximum atomic E-state index is 5.87. The van der Waals surface area contributed by atoms with Crippen molar-refractivity contribution in [3.8, 4) is 0 Å². The Hall–Kier alpha value is -1.22. The van der Waals surface area contributed by atoms with Crippen LogP contribution in [0.3, 0.4) is 0 Å². The van der Waals surface area contributed by atoms with Crippen molar-refractivity contribution >= 4 is 11.4 Å². The van der Waals surface area contributed by atoms with Crippen LogP contribution < -0.4 is 10.6 Å². The van der Waals surface area contributed by atoms with Gasteiger partial charge < -0.3 is 15.4 Å². The van der Waals surface area contributed by atoms with Gasteiger partial charge in [0, 0.05) is 31.6 Å². The van der Waals surface area contributed by atoms with E-state index in [9.17, 15) is 0 Å². The van der Waals surface area contributed by atoms with Gasteiger partial charge in [-0.2, -0.15) is 0 Å². The van der Waals surface area contributed by atoms with Gasteiger partial charge in [0.2, 0.25) is 0 Å². The first-order chi connectivity index (χ1) is 8.11. The highest BCUT2D eigenvalue weighted by atomic mass is 16.5. The van der Waals surface area contributed by atoms with E-state index in [-0.39, 0.29) is 0 Å². The van der Waals surface area contributed by atoms with Crippen molar-refractivity contribution in [3.63, 3.8) is 0 Å². The largest absolute Gasteiger partial charge is 0.399 e. The minimum absolute atomic E-state index is 0.324. The lowest BCUT2D eigenvalue weighted by atomic mass is 9.95. The summed E-state index contributed by atoms with van der Waals surface area (Å²) in [5, 5.41) is 0. The number of hydrogen-bond acceptors (Lipinski definition) is 3. The van der Waals surface area contributed by atoms with Crippen molar-refractivity contribution in [3.05, 3.63) is 23.8 Å². The van der Waals surface area contributed by atoms with Gasteiger partial charge in [0.25, 0.3) is 0 Å². The molecule has 2 unspecified atom stereocenters. The quantitative estimate of drug-likeness (QED) is 0.799. The summed E-state index contributed by atoms with van der Waals surface area (Å²) in [4.78, 5) is 2.39. The Morgan fingerprint density at radius 3 is 2.88 bits per heavy atom. The van der Waals surface area contributed by atoms with E-state index in [2.05, 4.69) is 30.9 Å². The molecule has 1 aromatic rings. The van der Waals surface area contributed by atoms with Crippen LogP contribution in [-0.4, -0.2) is 26.3 Å². The summed E-state index contributed by atoms with van der Waals surface area (Å²) in [5.74, 6) is 0.637. The third kappa shape index (κ3) is 2.55. The maximum Gasteiger partial charge on any atom is 0.0772 e. The van der Waals surface area contributed by atoms with Crippen LogP contribution in [0.5, 0.6) is 0 Å². The van der Waals surface area contributed by atoms with Crippen LogP contribution >= 0.6 is 0 Å². The molecule has 94 valence electrons. The molecule has 1 heterocycles. The Labute approximate surface area is 104 Å². The second-order valence-corrected chi connectivity index (χ2v) is 5.03. The van der Waals surface area contributed by atoms with Crippen LogP contribution in [-0.2, 0) is 4.74 Å². The summed E-state index contributed by atoms with van der Waals surface area (Å²) >= 11 is 0. The van der Waals surface area contributed by atoms with Gasteiger partial charge in [-0.1, -0.05) is 13.0 Å². The number of anilines is 2. The summed E-state index contributed by atoms with van der Waals surface area (Å²) in [7, 11) is 1.80. The lowest BCUT2D eigenvalue weighted by molar-refractivity contribution is 0.0498. The van der Waals surface area contributed by atoms with E-state index in [1.807, 2.05) is 6.07 Å². The third-order valence-electron chi connectivity index (χ3n) is 3.77. The Morgan fingerprint density at radius 1 is 1.41 bits per heavy atom. The summed E-state index contributed by atoms with van der Waals surface area (Å²) in [6.07, 6.45) is 1.50. The average molecular weight is 234 g/mol. The first-order valence-electron chi connectivity index (χ1n) is 6.25. The lowest BCUT2D eigenvalue weighted by Crippen LogP contribution is -2.44. The molecule has 0 aliphatic carbocycles. The number of ether oxygens (including phenoxy) is 1. The molecule has 17 heavy (non-hydrogen) atoms. The topological polar surface area (TPSA) is 38.5 Å². The van der Waals surface area contributed by atoms with Crippen LogP contribution in [0, 0.1) is 12.8 Å². The summed E-state index contributed by atoms with van der Waals surface area (Å²) in [6, 6.07) is 6.11. The molecular formula is C14H22N2O. The van der Waals surface area contributed by atoms with E-state index in [0.29, 0.717) is 12.0 Å². The molecule has 2 N–H and O–H groups in total. The number of nitrogens with two attached hydrogens (primary N) is 1. The zero-order chi connectivity index (χ0) is 12.4. The molecule has 0 bridgehead atoms. The summed E-state index contributed by atoms with van der Waals surface area (Å²) in [6.45, 7) is 6.44. The Balaban J connectivity index is 2.20. The highest BCUT2D eigenvalue weighted by Gasteiger charge is 2.26. The maximum absolute atomic E-state index is 5.87. The fourth-order valence-electron chi connectivity index (χ4n) is 2.53. The fourth-order valence-corrected chi connectivity index (χ4v) is 2.53. The van der Waals surface area contributed by atoms with Gasteiger partial charge >= 0.3 is 0 Å². The number of methoxy groups -OCH3 is 1. The molecule has 1 aliphatic heterocycles. The molecule has 0 saturated carbocycles. The van der Waals surface area contributed by atoms with Gasteiger partial charge in [0.1, 0.15) is 0 Å². The molecule has 0 aromatic heterocycles. The molecule has 0 spiro atoms. The zero-order valence-corrected chi connectivity index (χ0v) is 10.9. The molecule has 0 radical (unpaired) electrons. The standard InChI is InChI=1S/C14H22N2O/c1-10-4-5-12(15)8-13(10)16-7-6-11(2)14(9-16)17-3/h4-5,8,11,14H,6-7,9,15H2,1-3H3. The van der Waals surface area contributed by atoms with Gasteiger partial charge in [-0.05, 0) is 37.0 Å². The molecular weight excluding hydrogens is 212 g/mol. The van der Waals surface area contributed by atoms with E-state index in [4.69, 9.17) is 10.5 Å². The summed E-state index contributed by atoms with van der Waals surface area (Å²) in [5.41, 5.74) is 9.23. The van der Waals surface area contributed by atoms with Gasteiger partial charge in [0.15, 0.2) is 0 Å². The van der Waals surface area contributed by atoms with Crippen molar-refractivity contribution in [2.45, 2.75) is 26.4 Å². The van der Waals surface area contributed by atoms with E-state index in [1.165, 1.54) is 17.7 Å². The van der Waals surface area contributed by atoms with Gasteiger partial charge in [-0.3, -0.25) is 0 Å². The average Bonchev–Trinajstić information content (AvgIpc) is 2.33. The molecule has 3 nitrogen and oxygen atoms in total. The second-order valence-electron chi connectivity index (χ2n) is 5.03. The Bertz CT molecular complexity index is 392. The first kappa shape index (κ1) is 12.2. The molecule has 1 aliphatic rings. The number of benzene rings is 1. The number of hydrogen-bond donors (Lipinski definition) is 1. The monoisotopic (exact) mass is 234 g/mol. The number of aryl methyl sites for hydroxylation is 1. The van der Waals surface area contributed by atoms with Crippen molar-refractivity contribution < 1.29 is 4.74 Å². The SMILES string of the molecule is COC1CN(c2cc(N)ccc2C)CCC1C. The van der Waals surface area contributed by atoms with E-state index in [1.54, 1.807) is 7.11 Å². The molecule has 1 fully saturated rings. The minimum atomic E-state index is 0.324. The van der Waals surface area contributed by atoms with Crippen LogP contribution in [0.1, 0.15) is 18.9 Å². The number of nitrogen functional groups attached to an aromatic ring is 1. The highest BCUT2D eigenvalue weighted by molar-refractivity contribution is 5.61. The molecule has 3 heteroatoms. The van der Waals surface area contributed by atoms with E-state index in [0.717, 1.165) is 18.8 Å². The number of rotatable bonds is 2. The van der Waals surface area contributed by atoms with Crippen molar-refractivity contribution in [2.24, 2.45) is 5.92 Å². The molecule has 0 amide bonds. The lowest BCUT2D eigenvalue weighted by Gasteiger charge is -2.38. The Kier molecular flexibility index (Phi) is 3.57. The van der Waals surface area contributed by atoms with E-state index < -0.39 is 0 Å². The zero-order valence-electron chi connectivity index (χ0n) is 10.9. The fraction of sp³-hybridized carbons (Fsp3) is 0.571. The predicted molar refractivity (Wildman–Crippen MR) is 72.4 cm³/mol. The normalized spacial score (nSPS) is 25.0.